The van der Waals surface area contributed by atoms with Crippen LogP contribution in [0, 0.1) is 11.3 Å². The van der Waals surface area contributed by atoms with E-state index in [1.165, 1.54) is 0 Å². The molecule has 1 aliphatic heterocycles. The Hall–Kier alpha value is -1.61. The summed E-state index contributed by atoms with van der Waals surface area (Å²) in [6, 6.07) is 2.08. The van der Waals surface area contributed by atoms with E-state index in [2.05, 4.69) is 16.3 Å². The van der Waals surface area contributed by atoms with Crippen molar-refractivity contribution in [2.45, 2.75) is 13.1 Å². The minimum absolute atomic E-state index is 0.161. The number of aromatic amines is 1. The summed E-state index contributed by atoms with van der Waals surface area (Å²) in [5.74, 6) is 0.714. The van der Waals surface area contributed by atoms with Crippen LogP contribution in [0.5, 0.6) is 0 Å². The average molecular weight is 179 g/mol. The molecule has 0 fully saturated rings. The highest BCUT2D eigenvalue weighted by Gasteiger charge is 2.18. The van der Waals surface area contributed by atoms with E-state index in [1.807, 2.05) is 4.90 Å². The number of aromatic nitrogens is 3. The van der Waals surface area contributed by atoms with Gasteiger partial charge in [0.15, 0.2) is 0 Å². The molecule has 1 aromatic heterocycles. The fourth-order valence-corrected chi connectivity index (χ4v) is 1.46. The monoisotopic (exact) mass is 179 g/mol. The van der Waals surface area contributed by atoms with E-state index in [-0.39, 0.29) is 5.69 Å². The molecule has 0 bridgehead atoms. The highest BCUT2D eigenvalue weighted by Crippen LogP contribution is 2.05. The van der Waals surface area contributed by atoms with Gasteiger partial charge in [-0.2, -0.15) is 10.4 Å². The molecule has 6 nitrogen and oxygen atoms in total. The van der Waals surface area contributed by atoms with Gasteiger partial charge in [-0.3, -0.25) is 9.47 Å². The minimum Gasteiger partial charge on any atom is -0.281 e. The van der Waals surface area contributed by atoms with Crippen molar-refractivity contribution in [3.63, 3.8) is 0 Å². The average Bonchev–Trinajstić information content (AvgIpc) is 2.48. The normalized spacial score (nSPS) is 16.5. The summed E-state index contributed by atoms with van der Waals surface area (Å²) in [6.07, 6.45) is 0. The largest absolute Gasteiger partial charge is 0.343 e. The maximum Gasteiger partial charge on any atom is 0.343 e. The molecule has 0 saturated carbocycles. The van der Waals surface area contributed by atoms with Crippen molar-refractivity contribution in [1.29, 1.82) is 5.26 Å². The van der Waals surface area contributed by atoms with Crippen molar-refractivity contribution in [2.75, 3.05) is 13.1 Å². The number of rotatable bonds is 1. The van der Waals surface area contributed by atoms with Gasteiger partial charge in [0.1, 0.15) is 5.82 Å². The predicted octanol–water partition coefficient (Wildman–Crippen LogP) is -1.09. The van der Waals surface area contributed by atoms with Crippen LogP contribution >= 0.6 is 0 Å². The van der Waals surface area contributed by atoms with Gasteiger partial charge >= 0.3 is 5.69 Å². The van der Waals surface area contributed by atoms with Crippen LogP contribution in [-0.4, -0.2) is 32.8 Å². The first-order valence-electron chi connectivity index (χ1n) is 4.04. The van der Waals surface area contributed by atoms with Gasteiger partial charge in [0.2, 0.25) is 0 Å². The van der Waals surface area contributed by atoms with Gasteiger partial charge in [0.25, 0.3) is 0 Å². The summed E-state index contributed by atoms with van der Waals surface area (Å²) >= 11 is 0. The third kappa shape index (κ3) is 1.34. The number of nitrogens with zero attached hydrogens (tertiary/aromatic N) is 4. The number of nitriles is 1. The molecule has 0 unspecified atom stereocenters. The number of hydrogen-bond donors (Lipinski definition) is 1. The van der Waals surface area contributed by atoms with Gasteiger partial charge in [-0.1, -0.05) is 0 Å². The number of nitrogens with one attached hydrogen (secondary N) is 1. The van der Waals surface area contributed by atoms with E-state index in [0.717, 1.165) is 6.54 Å². The molecule has 13 heavy (non-hydrogen) atoms. The molecule has 0 atom stereocenters. The summed E-state index contributed by atoms with van der Waals surface area (Å²) in [5, 5.41) is 14.7. The zero-order chi connectivity index (χ0) is 9.26. The zero-order valence-corrected chi connectivity index (χ0v) is 7.03. The molecule has 2 heterocycles. The summed E-state index contributed by atoms with van der Waals surface area (Å²) < 4.78 is 1.61. The molecular formula is C7H9N5O. The zero-order valence-electron chi connectivity index (χ0n) is 7.03. The third-order valence-corrected chi connectivity index (χ3v) is 2.14. The van der Waals surface area contributed by atoms with E-state index in [9.17, 15) is 4.79 Å². The molecule has 0 radical (unpaired) electrons. The Morgan fingerprint density at radius 1 is 1.62 bits per heavy atom. The van der Waals surface area contributed by atoms with Crippen LogP contribution in [0.4, 0.5) is 0 Å². The minimum atomic E-state index is -0.161. The lowest BCUT2D eigenvalue weighted by molar-refractivity contribution is 0.240. The Kier molecular flexibility index (Phi) is 1.87. The highest BCUT2D eigenvalue weighted by molar-refractivity contribution is 4.92. The molecule has 1 aromatic rings. The lowest BCUT2D eigenvalue weighted by Crippen LogP contribution is -2.37. The third-order valence-electron chi connectivity index (χ3n) is 2.14. The van der Waals surface area contributed by atoms with Crippen LogP contribution in [0.15, 0.2) is 4.79 Å². The predicted molar refractivity (Wildman–Crippen MR) is 43.7 cm³/mol. The molecule has 0 aromatic carbocycles. The fraction of sp³-hybridized carbons (Fsp3) is 0.571. The quantitative estimate of drug-likeness (QED) is 0.556. The van der Waals surface area contributed by atoms with Crippen molar-refractivity contribution in [3.05, 3.63) is 16.3 Å². The van der Waals surface area contributed by atoms with E-state index >= 15 is 0 Å². The molecule has 0 amide bonds. The number of hydrogen-bond acceptors (Lipinski definition) is 4. The van der Waals surface area contributed by atoms with Crippen molar-refractivity contribution >= 4 is 0 Å². The standard InChI is InChI=1S/C7H9N5O/c8-1-2-11-3-4-12-6(5-11)9-10-7(12)13/h2-5H2,(H,10,13). The topological polar surface area (TPSA) is 77.7 Å². The molecule has 1 aliphatic rings. The lowest BCUT2D eigenvalue weighted by Gasteiger charge is -2.23. The van der Waals surface area contributed by atoms with Gasteiger partial charge in [0.05, 0.1) is 19.2 Å². The Morgan fingerprint density at radius 3 is 3.23 bits per heavy atom. The first-order chi connectivity index (χ1) is 6.31. The molecule has 0 aliphatic carbocycles. The van der Waals surface area contributed by atoms with Crippen molar-refractivity contribution in [3.8, 4) is 6.07 Å². The van der Waals surface area contributed by atoms with Gasteiger partial charge < -0.3 is 0 Å². The molecule has 2 rings (SSSR count). The van der Waals surface area contributed by atoms with Gasteiger partial charge in [-0.05, 0) is 0 Å². The number of H-pyrrole nitrogens is 1. The van der Waals surface area contributed by atoms with E-state index < -0.39 is 0 Å². The molecular weight excluding hydrogens is 170 g/mol. The second-order valence-corrected chi connectivity index (χ2v) is 2.97. The molecule has 1 N–H and O–H groups in total. The SMILES string of the molecule is N#CCN1CCn2c(n[nH]c2=O)C1. The summed E-state index contributed by atoms with van der Waals surface area (Å²) in [6.45, 7) is 2.32. The Morgan fingerprint density at radius 2 is 2.46 bits per heavy atom. The Bertz CT molecular complexity index is 398. The molecule has 0 spiro atoms. The highest BCUT2D eigenvalue weighted by atomic mass is 16.1. The summed E-state index contributed by atoms with van der Waals surface area (Å²) in [7, 11) is 0. The van der Waals surface area contributed by atoms with E-state index in [4.69, 9.17) is 5.26 Å². The first kappa shape index (κ1) is 8.01. The van der Waals surface area contributed by atoms with Crippen LogP contribution in [0.3, 0.4) is 0 Å². The van der Waals surface area contributed by atoms with Crippen LogP contribution in [0.25, 0.3) is 0 Å². The molecule has 68 valence electrons. The Balaban J connectivity index is 2.22. The maximum atomic E-state index is 11.1. The lowest BCUT2D eigenvalue weighted by atomic mass is 10.3. The Labute approximate surface area is 74.4 Å². The molecule has 6 heteroatoms. The van der Waals surface area contributed by atoms with Crippen molar-refractivity contribution in [2.24, 2.45) is 0 Å². The first-order valence-corrected chi connectivity index (χ1v) is 4.04. The summed E-state index contributed by atoms with van der Waals surface area (Å²) in [5.41, 5.74) is -0.161. The number of fused-ring (bicyclic) bond motifs is 1. The van der Waals surface area contributed by atoms with Crippen LogP contribution in [-0.2, 0) is 13.1 Å². The van der Waals surface area contributed by atoms with Gasteiger partial charge in [-0.25, -0.2) is 9.89 Å². The van der Waals surface area contributed by atoms with E-state index in [0.29, 0.717) is 25.5 Å². The van der Waals surface area contributed by atoms with Crippen molar-refractivity contribution < 1.29 is 0 Å². The van der Waals surface area contributed by atoms with Gasteiger partial charge in [0, 0.05) is 13.1 Å². The van der Waals surface area contributed by atoms with Gasteiger partial charge in [-0.15, -0.1) is 0 Å². The van der Waals surface area contributed by atoms with Crippen molar-refractivity contribution in [1.82, 2.24) is 19.7 Å². The summed E-state index contributed by atoms with van der Waals surface area (Å²) in [4.78, 5) is 13.0. The van der Waals surface area contributed by atoms with Crippen LogP contribution in [0.1, 0.15) is 5.82 Å². The fourth-order valence-electron chi connectivity index (χ4n) is 1.46. The second-order valence-electron chi connectivity index (χ2n) is 2.97. The molecule has 0 saturated heterocycles. The van der Waals surface area contributed by atoms with Crippen LogP contribution in [0.2, 0.25) is 0 Å². The second kappa shape index (κ2) is 3.03. The smallest absolute Gasteiger partial charge is 0.281 e. The maximum absolute atomic E-state index is 11.1. The van der Waals surface area contributed by atoms with Crippen LogP contribution < -0.4 is 5.69 Å². The van der Waals surface area contributed by atoms with E-state index in [1.54, 1.807) is 4.57 Å².